The fourth-order valence-electron chi connectivity index (χ4n) is 2.94. The fraction of sp³-hybridized carbons (Fsp3) is 0.533. The third kappa shape index (κ3) is 3.45. The second-order valence-electron chi connectivity index (χ2n) is 5.57. The van der Waals surface area contributed by atoms with E-state index >= 15 is 0 Å². The predicted octanol–water partition coefficient (Wildman–Crippen LogP) is 2.24. The van der Waals surface area contributed by atoms with Crippen LogP contribution < -0.4 is 16.4 Å². The van der Waals surface area contributed by atoms with Gasteiger partial charge in [0.1, 0.15) is 0 Å². The van der Waals surface area contributed by atoms with Gasteiger partial charge in [0.2, 0.25) is 0 Å². The first-order valence-corrected chi connectivity index (χ1v) is 7.78. The molecule has 0 aromatic heterocycles. The van der Waals surface area contributed by atoms with Crippen molar-refractivity contribution in [1.82, 2.24) is 5.32 Å². The van der Waals surface area contributed by atoms with E-state index in [1.165, 1.54) is 0 Å². The molecule has 2 aliphatic rings. The van der Waals surface area contributed by atoms with Crippen molar-refractivity contribution in [3.63, 3.8) is 0 Å². The van der Waals surface area contributed by atoms with Gasteiger partial charge in [-0.25, -0.2) is 0 Å². The van der Waals surface area contributed by atoms with Gasteiger partial charge in [-0.15, -0.1) is 0 Å². The molecule has 5 nitrogen and oxygen atoms in total. The molecule has 1 spiro atoms. The highest BCUT2D eigenvalue weighted by molar-refractivity contribution is 7.80. The van der Waals surface area contributed by atoms with Crippen LogP contribution in [-0.4, -0.2) is 30.2 Å². The van der Waals surface area contributed by atoms with Crippen LogP contribution in [0, 0.1) is 0 Å². The summed E-state index contributed by atoms with van der Waals surface area (Å²) in [4.78, 5) is 0. The first-order valence-electron chi connectivity index (χ1n) is 7.37. The van der Waals surface area contributed by atoms with Gasteiger partial charge in [-0.3, -0.25) is 0 Å². The number of thiocarbonyl (C=S) groups is 1. The molecule has 1 saturated carbocycles. The Morgan fingerprint density at radius 3 is 2.52 bits per heavy atom. The van der Waals surface area contributed by atoms with E-state index < -0.39 is 0 Å². The van der Waals surface area contributed by atoms with Crippen molar-refractivity contribution in [3.05, 3.63) is 24.3 Å². The summed E-state index contributed by atoms with van der Waals surface area (Å²) in [6, 6.07) is 7.96. The summed E-state index contributed by atoms with van der Waals surface area (Å²) in [5.74, 6) is -0.322. The first-order chi connectivity index (χ1) is 10.2. The van der Waals surface area contributed by atoms with Crippen LogP contribution in [0.15, 0.2) is 24.3 Å². The maximum atomic E-state index is 5.90. The monoisotopic (exact) mass is 307 g/mol. The van der Waals surface area contributed by atoms with Gasteiger partial charge in [0.15, 0.2) is 10.9 Å². The molecule has 3 rings (SSSR count). The predicted molar refractivity (Wildman–Crippen MR) is 87.1 cm³/mol. The molecule has 6 heteroatoms. The van der Waals surface area contributed by atoms with Crippen molar-refractivity contribution in [2.24, 2.45) is 0 Å². The minimum Gasteiger partial charge on any atom is -0.397 e. The third-order valence-corrected chi connectivity index (χ3v) is 4.33. The molecule has 0 bridgehead atoms. The van der Waals surface area contributed by atoms with Gasteiger partial charge in [-0.1, -0.05) is 12.1 Å². The molecule has 1 saturated heterocycles. The van der Waals surface area contributed by atoms with Crippen LogP contribution in [0.2, 0.25) is 0 Å². The number of ether oxygens (including phenoxy) is 2. The molecule has 1 aromatic carbocycles. The number of anilines is 2. The average Bonchev–Trinajstić information content (AvgIpc) is 2.93. The zero-order valence-electron chi connectivity index (χ0n) is 11.9. The smallest absolute Gasteiger partial charge is 0.171 e. The molecule has 0 radical (unpaired) electrons. The Morgan fingerprint density at radius 1 is 1.19 bits per heavy atom. The summed E-state index contributed by atoms with van der Waals surface area (Å²) < 4.78 is 11.5. The maximum Gasteiger partial charge on any atom is 0.171 e. The van der Waals surface area contributed by atoms with Crippen molar-refractivity contribution in [3.8, 4) is 0 Å². The number of hydrogen-bond acceptors (Lipinski definition) is 4. The van der Waals surface area contributed by atoms with Gasteiger partial charge in [-0.05, 0) is 37.2 Å². The zero-order chi connectivity index (χ0) is 14.7. The van der Waals surface area contributed by atoms with Gasteiger partial charge in [0.25, 0.3) is 0 Å². The van der Waals surface area contributed by atoms with Crippen molar-refractivity contribution in [2.45, 2.75) is 37.5 Å². The number of rotatable bonds is 2. The van der Waals surface area contributed by atoms with E-state index in [1.54, 1.807) is 0 Å². The van der Waals surface area contributed by atoms with Crippen LogP contribution in [0.3, 0.4) is 0 Å². The number of benzene rings is 1. The van der Waals surface area contributed by atoms with Gasteiger partial charge in [0, 0.05) is 18.9 Å². The molecule has 1 aliphatic carbocycles. The molecule has 0 amide bonds. The second-order valence-corrected chi connectivity index (χ2v) is 5.98. The fourth-order valence-corrected chi connectivity index (χ4v) is 3.22. The highest BCUT2D eigenvalue weighted by atomic mass is 32.1. The SMILES string of the molecule is Nc1ccccc1NC(=S)NC1CCC2(CC1)OCCO2. The van der Waals surface area contributed by atoms with E-state index in [1.807, 2.05) is 24.3 Å². The molecule has 4 N–H and O–H groups in total. The van der Waals surface area contributed by atoms with Crippen molar-refractivity contribution < 1.29 is 9.47 Å². The van der Waals surface area contributed by atoms with E-state index in [2.05, 4.69) is 10.6 Å². The van der Waals surface area contributed by atoms with E-state index in [0.717, 1.165) is 31.4 Å². The number of hydrogen-bond donors (Lipinski definition) is 3. The van der Waals surface area contributed by atoms with E-state index in [9.17, 15) is 0 Å². The number of nitrogen functional groups attached to an aromatic ring is 1. The molecule has 114 valence electrons. The largest absolute Gasteiger partial charge is 0.397 e. The molecule has 1 aliphatic heterocycles. The highest BCUT2D eigenvalue weighted by Gasteiger charge is 2.40. The summed E-state index contributed by atoms with van der Waals surface area (Å²) in [6.45, 7) is 1.43. The molecule has 1 heterocycles. The minimum absolute atomic E-state index is 0.322. The third-order valence-electron chi connectivity index (χ3n) is 4.11. The Kier molecular flexibility index (Phi) is 4.28. The van der Waals surface area contributed by atoms with Gasteiger partial charge < -0.3 is 25.8 Å². The van der Waals surface area contributed by atoms with E-state index in [4.69, 9.17) is 27.4 Å². The van der Waals surface area contributed by atoms with Crippen LogP contribution in [0.25, 0.3) is 0 Å². The van der Waals surface area contributed by atoms with Crippen LogP contribution in [0.5, 0.6) is 0 Å². The molecular weight excluding hydrogens is 286 g/mol. The van der Waals surface area contributed by atoms with Crippen LogP contribution in [0.4, 0.5) is 11.4 Å². The maximum absolute atomic E-state index is 5.90. The lowest BCUT2D eigenvalue weighted by Crippen LogP contribution is -2.45. The van der Waals surface area contributed by atoms with Gasteiger partial charge in [-0.2, -0.15) is 0 Å². The standard InChI is InChI=1S/C15H21N3O2S/c16-12-3-1-2-4-13(12)18-14(21)17-11-5-7-15(8-6-11)19-9-10-20-15/h1-4,11H,5-10,16H2,(H2,17,18,21). The molecule has 0 unspecified atom stereocenters. The Hall–Kier alpha value is -1.37. The van der Waals surface area contributed by atoms with Crippen molar-refractivity contribution in [2.75, 3.05) is 24.3 Å². The van der Waals surface area contributed by atoms with Gasteiger partial charge in [0.05, 0.1) is 24.6 Å². The van der Waals surface area contributed by atoms with Crippen molar-refractivity contribution >= 4 is 28.7 Å². The quantitative estimate of drug-likeness (QED) is 0.575. The molecule has 21 heavy (non-hydrogen) atoms. The van der Waals surface area contributed by atoms with Gasteiger partial charge >= 0.3 is 0 Å². The topological polar surface area (TPSA) is 68.5 Å². The second kappa shape index (κ2) is 6.17. The summed E-state index contributed by atoms with van der Waals surface area (Å²) in [7, 11) is 0. The van der Waals surface area contributed by atoms with E-state index in [-0.39, 0.29) is 5.79 Å². The highest BCUT2D eigenvalue weighted by Crippen LogP contribution is 2.35. The Labute approximate surface area is 130 Å². The Morgan fingerprint density at radius 2 is 1.86 bits per heavy atom. The molecular formula is C15H21N3O2S. The number of para-hydroxylation sites is 2. The summed E-state index contributed by atoms with van der Waals surface area (Å²) in [5.41, 5.74) is 7.43. The minimum atomic E-state index is -0.322. The lowest BCUT2D eigenvalue weighted by Gasteiger charge is -2.36. The lowest BCUT2D eigenvalue weighted by molar-refractivity contribution is -0.179. The van der Waals surface area contributed by atoms with E-state index in [0.29, 0.717) is 30.1 Å². The summed E-state index contributed by atoms with van der Waals surface area (Å²) >= 11 is 5.36. The first kappa shape index (κ1) is 14.6. The van der Waals surface area contributed by atoms with Crippen LogP contribution in [0.1, 0.15) is 25.7 Å². The normalized spacial score (nSPS) is 21.3. The molecule has 2 fully saturated rings. The average molecular weight is 307 g/mol. The molecule has 1 aromatic rings. The summed E-state index contributed by atoms with van der Waals surface area (Å²) in [5, 5.41) is 7.12. The van der Waals surface area contributed by atoms with Crippen LogP contribution >= 0.6 is 12.2 Å². The van der Waals surface area contributed by atoms with Crippen LogP contribution in [-0.2, 0) is 9.47 Å². The molecule has 0 atom stereocenters. The lowest BCUT2D eigenvalue weighted by atomic mass is 9.90. The summed E-state index contributed by atoms with van der Waals surface area (Å²) in [6.07, 6.45) is 3.82. The van der Waals surface area contributed by atoms with Crippen molar-refractivity contribution in [1.29, 1.82) is 0 Å². The Bertz CT molecular complexity index is 507. The Balaban J connectivity index is 1.49. The zero-order valence-corrected chi connectivity index (χ0v) is 12.7. The number of nitrogens with two attached hydrogens (primary N) is 1. The number of nitrogens with one attached hydrogen (secondary N) is 2.